The lowest BCUT2D eigenvalue weighted by atomic mass is 10.1. The van der Waals surface area contributed by atoms with E-state index in [-0.39, 0.29) is 0 Å². The maximum absolute atomic E-state index is 14.0. The Labute approximate surface area is 143 Å². The number of nitrogens with zero attached hydrogens (tertiary/aromatic N) is 2. The predicted molar refractivity (Wildman–Crippen MR) is 93.9 cm³/mol. The van der Waals surface area contributed by atoms with Gasteiger partial charge in [0, 0.05) is 28.9 Å². The second-order valence-electron chi connectivity index (χ2n) is 5.85. The molecular formula is C16H22FN4O2P. The number of hydrazine groups is 1. The Hall–Kier alpha value is -1.85. The van der Waals surface area contributed by atoms with Crippen molar-refractivity contribution in [2.45, 2.75) is 33.1 Å². The molecule has 0 aromatic carbocycles. The van der Waals surface area contributed by atoms with E-state index < -0.39 is 17.2 Å². The molecule has 1 aliphatic heterocycles. The van der Waals surface area contributed by atoms with Gasteiger partial charge in [-0.25, -0.2) is 9.37 Å². The molecule has 0 fully saturated rings. The summed E-state index contributed by atoms with van der Waals surface area (Å²) in [7, 11) is 2.12. The van der Waals surface area contributed by atoms with Gasteiger partial charge in [0.2, 0.25) is 0 Å². The van der Waals surface area contributed by atoms with Crippen molar-refractivity contribution in [3.63, 3.8) is 0 Å². The van der Waals surface area contributed by atoms with Crippen LogP contribution in [0.25, 0.3) is 0 Å². The first kappa shape index (κ1) is 18.5. The van der Waals surface area contributed by atoms with Gasteiger partial charge in [-0.3, -0.25) is 15.0 Å². The standard InChI is InChI=1S/C16H22FN4O2P/c1-5-18-8-11-9(2)14(22)21(15(11)23)20-13-7-6-12(10(3)19-13)16(4,17)24/h6-7,18H,5,8,24H2,1-4H3,(H,19,20). The first-order valence-electron chi connectivity index (χ1n) is 7.68. The molecule has 130 valence electrons. The van der Waals surface area contributed by atoms with E-state index in [9.17, 15) is 14.0 Å². The third-order valence-corrected chi connectivity index (χ3v) is 4.14. The van der Waals surface area contributed by atoms with E-state index >= 15 is 0 Å². The molecule has 0 radical (unpaired) electrons. The minimum Gasteiger partial charge on any atom is -0.313 e. The lowest BCUT2D eigenvalue weighted by Gasteiger charge is -2.20. The van der Waals surface area contributed by atoms with Crippen molar-refractivity contribution in [3.05, 3.63) is 34.5 Å². The number of carbonyl (C=O) groups is 2. The minimum atomic E-state index is -1.59. The Balaban J connectivity index is 2.19. The van der Waals surface area contributed by atoms with Gasteiger partial charge in [-0.05, 0) is 39.4 Å². The number of aryl methyl sites for hydroxylation is 1. The Morgan fingerprint density at radius 3 is 2.50 bits per heavy atom. The zero-order chi connectivity index (χ0) is 18.1. The number of rotatable bonds is 6. The summed E-state index contributed by atoms with van der Waals surface area (Å²) in [4.78, 5) is 28.9. The van der Waals surface area contributed by atoms with Crippen LogP contribution in [0.15, 0.2) is 23.3 Å². The van der Waals surface area contributed by atoms with Crippen molar-refractivity contribution < 1.29 is 14.0 Å². The summed E-state index contributed by atoms with van der Waals surface area (Å²) in [5.74, 6) is -0.495. The number of imide groups is 1. The average Bonchev–Trinajstić information content (AvgIpc) is 2.68. The number of pyridine rings is 1. The van der Waals surface area contributed by atoms with Crippen molar-refractivity contribution in [2.24, 2.45) is 0 Å². The van der Waals surface area contributed by atoms with Crippen molar-refractivity contribution in [3.8, 4) is 0 Å². The first-order chi connectivity index (χ1) is 11.2. The average molecular weight is 352 g/mol. The molecule has 2 N–H and O–H groups in total. The molecule has 2 rings (SSSR count). The van der Waals surface area contributed by atoms with Gasteiger partial charge in [-0.1, -0.05) is 16.2 Å². The highest BCUT2D eigenvalue weighted by Gasteiger charge is 2.36. The third-order valence-electron chi connectivity index (χ3n) is 3.83. The van der Waals surface area contributed by atoms with Gasteiger partial charge in [0.1, 0.15) is 11.2 Å². The molecule has 0 aliphatic carbocycles. The molecule has 2 atom stereocenters. The van der Waals surface area contributed by atoms with Crippen molar-refractivity contribution >= 4 is 26.9 Å². The Morgan fingerprint density at radius 1 is 1.29 bits per heavy atom. The lowest BCUT2D eigenvalue weighted by Crippen LogP contribution is -2.38. The van der Waals surface area contributed by atoms with Gasteiger partial charge in [-0.2, -0.15) is 5.01 Å². The topological polar surface area (TPSA) is 74.3 Å². The normalized spacial score (nSPS) is 17.5. The smallest absolute Gasteiger partial charge is 0.277 e. The molecule has 2 heterocycles. The monoisotopic (exact) mass is 352 g/mol. The van der Waals surface area contributed by atoms with Crippen molar-refractivity contribution in [1.82, 2.24) is 15.3 Å². The van der Waals surface area contributed by atoms with E-state index in [1.807, 2.05) is 6.92 Å². The molecule has 2 amide bonds. The van der Waals surface area contributed by atoms with Crippen LogP contribution in [0, 0.1) is 6.92 Å². The Kier molecular flexibility index (Phi) is 5.35. The van der Waals surface area contributed by atoms with Crippen LogP contribution in [0.2, 0.25) is 0 Å². The zero-order valence-corrected chi connectivity index (χ0v) is 15.4. The summed E-state index contributed by atoms with van der Waals surface area (Å²) in [6.07, 6.45) is 0. The minimum absolute atomic E-state index is 0.310. The number of hydrogen-bond donors (Lipinski definition) is 2. The second-order valence-corrected chi connectivity index (χ2v) is 6.93. The van der Waals surface area contributed by atoms with Gasteiger partial charge in [0.25, 0.3) is 11.8 Å². The second kappa shape index (κ2) is 6.95. The van der Waals surface area contributed by atoms with Crippen molar-refractivity contribution in [1.29, 1.82) is 0 Å². The number of amides is 2. The number of likely N-dealkylation sites (N-methyl/N-ethyl adjacent to an activating group) is 1. The number of carbonyl (C=O) groups excluding carboxylic acids is 2. The summed E-state index contributed by atoms with van der Waals surface area (Å²) in [5, 5.41) is 2.40. The summed E-state index contributed by atoms with van der Waals surface area (Å²) in [6, 6.07) is 3.13. The molecule has 0 saturated carbocycles. The number of alkyl halides is 1. The molecule has 8 heteroatoms. The fourth-order valence-electron chi connectivity index (χ4n) is 2.50. The van der Waals surface area contributed by atoms with E-state index in [4.69, 9.17) is 0 Å². The van der Waals surface area contributed by atoms with E-state index in [1.54, 1.807) is 26.0 Å². The summed E-state index contributed by atoms with van der Waals surface area (Å²) < 4.78 is 14.0. The summed E-state index contributed by atoms with van der Waals surface area (Å²) in [6.45, 7) is 7.68. The summed E-state index contributed by atoms with van der Waals surface area (Å²) >= 11 is 0. The van der Waals surface area contributed by atoms with Crippen LogP contribution in [0.5, 0.6) is 0 Å². The van der Waals surface area contributed by atoms with Crippen LogP contribution in [0.4, 0.5) is 10.2 Å². The van der Waals surface area contributed by atoms with Gasteiger partial charge < -0.3 is 5.32 Å². The molecule has 24 heavy (non-hydrogen) atoms. The van der Waals surface area contributed by atoms with Gasteiger partial charge in [0.05, 0.1) is 0 Å². The van der Waals surface area contributed by atoms with E-state index in [1.165, 1.54) is 6.92 Å². The Bertz CT molecular complexity index is 713. The van der Waals surface area contributed by atoms with Gasteiger partial charge in [-0.15, -0.1) is 0 Å². The van der Waals surface area contributed by atoms with Crippen LogP contribution in [-0.4, -0.2) is 34.9 Å². The van der Waals surface area contributed by atoms with Crippen LogP contribution in [0.1, 0.15) is 32.0 Å². The maximum atomic E-state index is 14.0. The molecule has 2 unspecified atom stereocenters. The Morgan fingerprint density at radius 2 is 1.96 bits per heavy atom. The zero-order valence-electron chi connectivity index (χ0n) is 14.2. The van der Waals surface area contributed by atoms with E-state index in [0.29, 0.717) is 41.3 Å². The predicted octanol–water partition coefficient (Wildman–Crippen LogP) is 2.03. The molecule has 6 nitrogen and oxygen atoms in total. The van der Waals surface area contributed by atoms with Crippen LogP contribution < -0.4 is 10.7 Å². The van der Waals surface area contributed by atoms with Crippen LogP contribution in [-0.2, 0) is 15.0 Å². The van der Waals surface area contributed by atoms with Crippen molar-refractivity contribution in [2.75, 3.05) is 18.5 Å². The fraction of sp³-hybridized carbons (Fsp3) is 0.438. The number of halogens is 1. The highest BCUT2D eigenvalue weighted by Crippen LogP contribution is 2.34. The molecule has 1 aromatic rings. The van der Waals surface area contributed by atoms with Crippen LogP contribution >= 0.6 is 9.24 Å². The summed E-state index contributed by atoms with van der Waals surface area (Å²) in [5.41, 5.74) is 4.47. The highest BCUT2D eigenvalue weighted by molar-refractivity contribution is 7.18. The molecular weight excluding hydrogens is 330 g/mol. The number of nitrogens with one attached hydrogen (secondary N) is 2. The third kappa shape index (κ3) is 3.62. The van der Waals surface area contributed by atoms with E-state index in [0.717, 1.165) is 5.01 Å². The molecule has 0 spiro atoms. The lowest BCUT2D eigenvalue weighted by molar-refractivity contribution is -0.136. The van der Waals surface area contributed by atoms with Crippen LogP contribution in [0.3, 0.4) is 0 Å². The van der Waals surface area contributed by atoms with E-state index in [2.05, 4.69) is 25.0 Å². The SMILES string of the molecule is CCNCC1=C(C)C(=O)N(Nc2ccc(C(C)(F)P)c(C)n2)C1=O. The number of anilines is 1. The largest absolute Gasteiger partial charge is 0.313 e. The quantitative estimate of drug-likeness (QED) is 0.605. The van der Waals surface area contributed by atoms with Gasteiger partial charge in [0.15, 0.2) is 0 Å². The molecule has 1 aliphatic rings. The molecule has 0 saturated heterocycles. The first-order valence-corrected chi connectivity index (χ1v) is 8.26. The van der Waals surface area contributed by atoms with Gasteiger partial charge >= 0.3 is 0 Å². The highest BCUT2D eigenvalue weighted by atomic mass is 31.0. The maximum Gasteiger partial charge on any atom is 0.277 e. The number of aromatic nitrogens is 1. The molecule has 0 bridgehead atoms. The molecule has 1 aromatic heterocycles. The number of hydrogen-bond acceptors (Lipinski definition) is 5. The fourth-order valence-corrected chi connectivity index (χ4v) is 2.80.